The molecule has 7 heteroatoms. The minimum atomic E-state index is -0.179. The maximum Gasteiger partial charge on any atom is 0.259 e. The van der Waals surface area contributed by atoms with E-state index in [4.69, 9.17) is 4.52 Å². The molecule has 1 fully saturated rings. The van der Waals surface area contributed by atoms with Crippen molar-refractivity contribution >= 4 is 22.9 Å². The van der Waals surface area contributed by atoms with Gasteiger partial charge in [-0.05, 0) is 44.6 Å². The standard InChI is InChI=1S/C21H30N4O3/c1-6-22-17(26)12-25(7-2)20(27)14-10-15(13-8-9-13)23-19-18(14)16(24-28-19)11-21(3,4)5/h10,13H,6-9,11-12H2,1-5H3,(H,22,26). The molecule has 0 bridgehead atoms. The van der Waals surface area contributed by atoms with Crippen LogP contribution in [-0.4, -0.2) is 46.5 Å². The number of rotatable bonds is 7. The third-order valence-electron chi connectivity index (χ3n) is 4.84. The molecule has 1 N–H and O–H groups in total. The summed E-state index contributed by atoms with van der Waals surface area (Å²) in [6.45, 7) is 11.1. The first kappa shape index (κ1) is 20.3. The zero-order valence-electron chi connectivity index (χ0n) is 17.5. The fourth-order valence-electron chi connectivity index (χ4n) is 3.33. The number of likely N-dealkylation sites (N-methyl/N-ethyl adjacent to an activating group) is 2. The lowest BCUT2D eigenvalue weighted by atomic mass is 9.89. The van der Waals surface area contributed by atoms with Crippen molar-refractivity contribution in [2.75, 3.05) is 19.6 Å². The minimum absolute atomic E-state index is 0.00919. The molecule has 1 aliphatic carbocycles. The highest BCUT2D eigenvalue weighted by molar-refractivity contribution is 6.07. The van der Waals surface area contributed by atoms with Crippen molar-refractivity contribution < 1.29 is 14.1 Å². The molecule has 28 heavy (non-hydrogen) atoms. The number of aromatic nitrogens is 2. The van der Waals surface area contributed by atoms with E-state index in [1.54, 1.807) is 4.90 Å². The van der Waals surface area contributed by atoms with Gasteiger partial charge in [0.15, 0.2) is 0 Å². The van der Waals surface area contributed by atoms with Crippen molar-refractivity contribution in [2.45, 2.75) is 59.8 Å². The number of carbonyl (C=O) groups is 2. The van der Waals surface area contributed by atoms with Gasteiger partial charge in [0.25, 0.3) is 11.6 Å². The zero-order chi connectivity index (χ0) is 20.5. The largest absolute Gasteiger partial charge is 0.355 e. The molecule has 0 unspecified atom stereocenters. The second-order valence-corrected chi connectivity index (χ2v) is 8.69. The second-order valence-electron chi connectivity index (χ2n) is 8.69. The van der Waals surface area contributed by atoms with Gasteiger partial charge in [-0.3, -0.25) is 9.59 Å². The topological polar surface area (TPSA) is 88.3 Å². The fraction of sp³-hybridized carbons (Fsp3) is 0.619. The Morgan fingerprint density at radius 2 is 2.00 bits per heavy atom. The van der Waals surface area contributed by atoms with Crippen molar-refractivity contribution in [3.05, 3.63) is 23.0 Å². The van der Waals surface area contributed by atoms with Crippen molar-refractivity contribution in [1.82, 2.24) is 20.4 Å². The molecule has 2 aromatic heterocycles. The van der Waals surface area contributed by atoms with E-state index in [9.17, 15) is 9.59 Å². The van der Waals surface area contributed by atoms with Crippen LogP contribution in [-0.2, 0) is 11.2 Å². The Labute approximate surface area is 165 Å². The highest BCUT2D eigenvalue weighted by atomic mass is 16.5. The number of carbonyl (C=O) groups excluding carboxylic acids is 2. The Bertz CT molecular complexity index is 878. The third kappa shape index (κ3) is 4.51. The smallest absolute Gasteiger partial charge is 0.259 e. The van der Waals surface area contributed by atoms with E-state index in [2.05, 4.69) is 36.2 Å². The van der Waals surface area contributed by atoms with Gasteiger partial charge in [-0.2, -0.15) is 0 Å². The molecular formula is C21H30N4O3. The second kappa shape index (κ2) is 7.89. The molecular weight excluding hydrogens is 356 g/mol. The van der Waals surface area contributed by atoms with Crippen molar-refractivity contribution in [3.63, 3.8) is 0 Å². The van der Waals surface area contributed by atoms with Gasteiger partial charge in [0.1, 0.15) is 0 Å². The summed E-state index contributed by atoms with van der Waals surface area (Å²) in [7, 11) is 0. The van der Waals surface area contributed by atoms with E-state index >= 15 is 0 Å². The lowest BCUT2D eigenvalue weighted by Gasteiger charge is -2.21. The molecule has 0 aliphatic heterocycles. The van der Waals surface area contributed by atoms with Gasteiger partial charge >= 0.3 is 0 Å². The van der Waals surface area contributed by atoms with Crippen LogP contribution in [0.1, 0.15) is 75.1 Å². The monoisotopic (exact) mass is 386 g/mol. The molecule has 0 saturated heterocycles. The van der Waals surface area contributed by atoms with Crippen molar-refractivity contribution in [2.24, 2.45) is 5.41 Å². The van der Waals surface area contributed by atoms with Crippen LogP contribution in [0.3, 0.4) is 0 Å². The number of nitrogens with one attached hydrogen (secondary N) is 1. The summed E-state index contributed by atoms with van der Waals surface area (Å²) >= 11 is 0. The average molecular weight is 386 g/mol. The van der Waals surface area contributed by atoms with E-state index in [1.807, 2.05) is 19.9 Å². The normalized spacial score (nSPS) is 14.3. The third-order valence-corrected chi connectivity index (χ3v) is 4.84. The zero-order valence-corrected chi connectivity index (χ0v) is 17.5. The maximum atomic E-state index is 13.4. The van der Waals surface area contributed by atoms with Crippen LogP contribution in [0.5, 0.6) is 0 Å². The number of hydrogen-bond acceptors (Lipinski definition) is 5. The van der Waals surface area contributed by atoms with E-state index in [0.29, 0.717) is 42.1 Å². The quantitative estimate of drug-likeness (QED) is 0.789. The maximum absolute atomic E-state index is 13.4. The van der Waals surface area contributed by atoms with Crippen LogP contribution in [0.15, 0.2) is 10.6 Å². The van der Waals surface area contributed by atoms with E-state index in [0.717, 1.165) is 24.2 Å². The van der Waals surface area contributed by atoms with Crippen LogP contribution in [0.25, 0.3) is 11.1 Å². The lowest BCUT2D eigenvalue weighted by Crippen LogP contribution is -2.40. The predicted molar refractivity (Wildman–Crippen MR) is 107 cm³/mol. The first-order valence-corrected chi connectivity index (χ1v) is 10.1. The molecule has 0 aromatic carbocycles. The lowest BCUT2D eigenvalue weighted by molar-refractivity contribution is -0.121. The molecule has 2 heterocycles. The summed E-state index contributed by atoms with van der Waals surface area (Å²) in [4.78, 5) is 31.6. The van der Waals surface area contributed by atoms with Crippen LogP contribution < -0.4 is 5.32 Å². The van der Waals surface area contributed by atoms with Crippen LogP contribution in [0.2, 0.25) is 0 Å². The number of nitrogens with zero attached hydrogens (tertiary/aromatic N) is 3. The number of pyridine rings is 1. The highest BCUT2D eigenvalue weighted by Crippen LogP contribution is 2.41. The van der Waals surface area contributed by atoms with E-state index in [-0.39, 0.29) is 23.8 Å². The van der Waals surface area contributed by atoms with Gasteiger partial charge in [-0.25, -0.2) is 4.98 Å². The molecule has 0 radical (unpaired) electrons. The Balaban J connectivity index is 2.04. The first-order chi connectivity index (χ1) is 13.2. The molecule has 1 saturated carbocycles. The van der Waals surface area contributed by atoms with Crippen LogP contribution in [0.4, 0.5) is 0 Å². The fourth-order valence-corrected chi connectivity index (χ4v) is 3.33. The summed E-state index contributed by atoms with van der Waals surface area (Å²) < 4.78 is 5.53. The van der Waals surface area contributed by atoms with Gasteiger partial charge in [0.2, 0.25) is 5.91 Å². The van der Waals surface area contributed by atoms with Gasteiger partial charge in [-0.1, -0.05) is 25.9 Å². The molecule has 0 atom stereocenters. The molecule has 3 rings (SSSR count). The first-order valence-electron chi connectivity index (χ1n) is 10.1. The average Bonchev–Trinajstić information content (AvgIpc) is 3.40. The van der Waals surface area contributed by atoms with Gasteiger partial charge in [-0.15, -0.1) is 0 Å². The summed E-state index contributed by atoms with van der Waals surface area (Å²) in [5.41, 5.74) is 2.57. The number of hydrogen-bond donors (Lipinski definition) is 1. The molecule has 7 nitrogen and oxygen atoms in total. The molecule has 2 aromatic rings. The van der Waals surface area contributed by atoms with Gasteiger partial charge in [0, 0.05) is 24.7 Å². The number of fused-ring (bicyclic) bond motifs is 1. The molecule has 2 amide bonds. The van der Waals surface area contributed by atoms with E-state index in [1.165, 1.54) is 0 Å². The Morgan fingerprint density at radius 1 is 1.29 bits per heavy atom. The number of amides is 2. The molecule has 152 valence electrons. The summed E-state index contributed by atoms with van der Waals surface area (Å²) in [5, 5.41) is 7.67. The van der Waals surface area contributed by atoms with Crippen molar-refractivity contribution in [1.29, 1.82) is 0 Å². The predicted octanol–water partition coefficient (Wildman–Crippen LogP) is 3.29. The summed E-state index contributed by atoms with van der Waals surface area (Å²) in [6, 6.07) is 1.88. The molecule has 0 spiro atoms. The van der Waals surface area contributed by atoms with E-state index < -0.39 is 0 Å². The summed E-state index contributed by atoms with van der Waals surface area (Å²) in [5.74, 6) is 0.0395. The SMILES string of the molecule is CCNC(=O)CN(CC)C(=O)c1cc(C2CC2)nc2onc(CC(C)(C)C)c12. The summed E-state index contributed by atoms with van der Waals surface area (Å²) in [6.07, 6.45) is 2.82. The minimum Gasteiger partial charge on any atom is -0.355 e. The molecule has 1 aliphatic rings. The van der Waals surface area contributed by atoms with Crippen LogP contribution >= 0.6 is 0 Å². The highest BCUT2D eigenvalue weighted by Gasteiger charge is 2.31. The van der Waals surface area contributed by atoms with Crippen LogP contribution in [0, 0.1) is 5.41 Å². The Kier molecular flexibility index (Phi) is 5.72. The Morgan fingerprint density at radius 3 is 2.57 bits per heavy atom. The van der Waals surface area contributed by atoms with Gasteiger partial charge < -0.3 is 14.7 Å². The van der Waals surface area contributed by atoms with Crippen molar-refractivity contribution in [3.8, 4) is 0 Å². The van der Waals surface area contributed by atoms with Gasteiger partial charge in [0.05, 0.1) is 23.2 Å². The Hall–Kier alpha value is -2.44.